The summed E-state index contributed by atoms with van der Waals surface area (Å²) in [5.74, 6) is 0.832. The average Bonchev–Trinajstić information content (AvgIpc) is 2.58. The second-order valence-corrected chi connectivity index (χ2v) is 8.18. The van der Waals surface area contributed by atoms with Crippen LogP contribution < -0.4 is 0 Å². The molecule has 0 saturated carbocycles. The van der Waals surface area contributed by atoms with E-state index in [2.05, 4.69) is 77.1 Å². The van der Waals surface area contributed by atoms with Crippen molar-refractivity contribution >= 4 is 28.3 Å². The number of aryl methyl sites for hydroxylation is 2. The summed E-state index contributed by atoms with van der Waals surface area (Å²) in [4.78, 5) is 2.64. The Hall–Kier alpha value is -0.830. The number of hydrogen-bond acceptors (Lipinski definition) is 1. The predicted molar refractivity (Wildman–Crippen MR) is 114 cm³/mol. The van der Waals surface area contributed by atoms with Crippen molar-refractivity contribution in [2.45, 2.75) is 39.5 Å². The molecule has 0 unspecified atom stereocenters. The molecule has 0 radical (unpaired) electrons. The summed E-state index contributed by atoms with van der Waals surface area (Å²) in [6.07, 6.45) is 5.05. The van der Waals surface area contributed by atoms with Crippen molar-refractivity contribution in [3.05, 3.63) is 69.2 Å². The van der Waals surface area contributed by atoms with E-state index in [1.165, 1.54) is 72.0 Å². The van der Waals surface area contributed by atoms with E-state index in [0.29, 0.717) is 0 Å². The number of halogens is 2. The van der Waals surface area contributed by atoms with E-state index in [9.17, 15) is 0 Å². The minimum absolute atomic E-state index is 0. The van der Waals surface area contributed by atoms with Crippen LogP contribution in [0, 0.1) is 19.8 Å². The van der Waals surface area contributed by atoms with E-state index in [1.807, 2.05) is 0 Å². The molecule has 3 heteroatoms. The first-order valence-electron chi connectivity index (χ1n) is 9.13. The monoisotopic (exact) mass is 421 g/mol. The maximum Gasteiger partial charge on any atom is 0.0207 e. The lowest BCUT2D eigenvalue weighted by Gasteiger charge is -2.32. The normalized spacial score (nSPS) is 15.8. The van der Waals surface area contributed by atoms with Crippen LogP contribution in [0.15, 0.2) is 46.9 Å². The molecule has 0 amide bonds. The van der Waals surface area contributed by atoms with Gasteiger partial charge in [0, 0.05) is 11.0 Å². The van der Waals surface area contributed by atoms with Crippen molar-refractivity contribution in [1.29, 1.82) is 0 Å². The van der Waals surface area contributed by atoms with Crippen molar-refractivity contribution < 1.29 is 0 Å². The number of likely N-dealkylation sites (tertiary alicyclic amines) is 1. The van der Waals surface area contributed by atoms with Gasteiger partial charge in [-0.3, -0.25) is 0 Å². The zero-order chi connectivity index (χ0) is 16.9. The lowest BCUT2D eigenvalue weighted by Crippen LogP contribution is -2.35. The Kier molecular flexibility index (Phi) is 7.99. The Balaban J connectivity index is 0.00000225. The van der Waals surface area contributed by atoms with Crippen LogP contribution in [0.5, 0.6) is 0 Å². The summed E-state index contributed by atoms with van der Waals surface area (Å²) < 4.78 is 1.27. The minimum atomic E-state index is 0. The highest BCUT2D eigenvalue weighted by molar-refractivity contribution is 9.10. The van der Waals surface area contributed by atoms with Gasteiger partial charge in [0.15, 0.2) is 0 Å². The fourth-order valence-corrected chi connectivity index (χ4v) is 4.15. The Bertz CT molecular complexity index is 677. The number of nitrogens with zero attached hydrogens (tertiary/aromatic N) is 1. The molecule has 1 aliphatic heterocycles. The second-order valence-electron chi connectivity index (χ2n) is 7.32. The first kappa shape index (κ1) is 20.5. The van der Waals surface area contributed by atoms with Crippen molar-refractivity contribution in [1.82, 2.24) is 4.90 Å². The van der Waals surface area contributed by atoms with Gasteiger partial charge in [-0.1, -0.05) is 63.5 Å². The SMILES string of the molecule is Cc1cccc(CCN2CCC(Cc3cc(C)ccc3Br)CC2)c1.Cl. The number of rotatable bonds is 5. The summed E-state index contributed by atoms with van der Waals surface area (Å²) >= 11 is 3.72. The Morgan fingerprint density at radius 1 is 1.00 bits per heavy atom. The molecule has 0 aliphatic carbocycles. The van der Waals surface area contributed by atoms with Gasteiger partial charge in [-0.25, -0.2) is 0 Å². The Labute approximate surface area is 167 Å². The molecule has 1 nitrogen and oxygen atoms in total. The van der Waals surface area contributed by atoms with Crippen LogP contribution in [0.1, 0.15) is 35.1 Å². The van der Waals surface area contributed by atoms with Crippen LogP contribution >= 0.6 is 28.3 Å². The molecule has 0 atom stereocenters. The van der Waals surface area contributed by atoms with Crippen molar-refractivity contribution in [3.63, 3.8) is 0 Å². The molecule has 2 aromatic carbocycles. The molecule has 1 fully saturated rings. The van der Waals surface area contributed by atoms with Crippen molar-refractivity contribution in [2.75, 3.05) is 19.6 Å². The highest BCUT2D eigenvalue weighted by Gasteiger charge is 2.20. The van der Waals surface area contributed by atoms with E-state index in [1.54, 1.807) is 0 Å². The van der Waals surface area contributed by atoms with Gasteiger partial charge in [0.2, 0.25) is 0 Å². The number of hydrogen-bond donors (Lipinski definition) is 0. The third kappa shape index (κ3) is 6.13. The minimum Gasteiger partial charge on any atom is -0.303 e. The Morgan fingerprint density at radius 2 is 1.72 bits per heavy atom. The van der Waals surface area contributed by atoms with E-state index >= 15 is 0 Å². The molecule has 1 heterocycles. The molecule has 25 heavy (non-hydrogen) atoms. The fraction of sp³-hybridized carbons (Fsp3) is 0.455. The zero-order valence-corrected chi connectivity index (χ0v) is 17.7. The van der Waals surface area contributed by atoms with Gasteiger partial charge >= 0.3 is 0 Å². The largest absolute Gasteiger partial charge is 0.303 e. The molecule has 0 spiro atoms. The molecule has 1 saturated heterocycles. The molecule has 2 aromatic rings. The molecule has 0 N–H and O–H groups in total. The van der Waals surface area contributed by atoms with E-state index in [0.717, 1.165) is 5.92 Å². The molecule has 1 aliphatic rings. The first-order chi connectivity index (χ1) is 11.6. The van der Waals surface area contributed by atoms with Crippen LogP contribution in [0.4, 0.5) is 0 Å². The quantitative estimate of drug-likeness (QED) is 0.572. The van der Waals surface area contributed by atoms with Gasteiger partial charge < -0.3 is 4.90 Å². The lowest BCUT2D eigenvalue weighted by molar-refractivity contribution is 0.186. The summed E-state index contributed by atoms with van der Waals surface area (Å²) in [6.45, 7) is 8.06. The van der Waals surface area contributed by atoms with Crippen molar-refractivity contribution in [2.24, 2.45) is 5.92 Å². The first-order valence-corrected chi connectivity index (χ1v) is 9.92. The van der Waals surface area contributed by atoms with Crippen LogP contribution in [0.2, 0.25) is 0 Å². The third-order valence-electron chi connectivity index (χ3n) is 5.22. The third-order valence-corrected chi connectivity index (χ3v) is 5.99. The summed E-state index contributed by atoms with van der Waals surface area (Å²) in [5.41, 5.74) is 5.69. The average molecular weight is 423 g/mol. The molecular weight excluding hydrogens is 394 g/mol. The van der Waals surface area contributed by atoms with Crippen LogP contribution in [-0.4, -0.2) is 24.5 Å². The summed E-state index contributed by atoms with van der Waals surface area (Å²) in [5, 5.41) is 0. The van der Waals surface area contributed by atoms with Gasteiger partial charge in [-0.05, 0) is 75.7 Å². The summed E-state index contributed by atoms with van der Waals surface area (Å²) in [6, 6.07) is 15.7. The fourth-order valence-electron chi connectivity index (χ4n) is 3.74. The van der Waals surface area contributed by atoms with E-state index < -0.39 is 0 Å². The van der Waals surface area contributed by atoms with Crippen LogP contribution in [0.3, 0.4) is 0 Å². The maximum atomic E-state index is 3.72. The maximum absolute atomic E-state index is 3.72. The smallest absolute Gasteiger partial charge is 0.0207 e. The summed E-state index contributed by atoms with van der Waals surface area (Å²) in [7, 11) is 0. The predicted octanol–water partition coefficient (Wildman–Crippen LogP) is 5.98. The zero-order valence-electron chi connectivity index (χ0n) is 15.3. The Morgan fingerprint density at radius 3 is 2.44 bits per heavy atom. The topological polar surface area (TPSA) is 3.24 Å². The van der Waals surface area contributed by atoms with Gasteiger partial charge in [-0.2, -0.15) is 0 Å². The standard InChI is InChI=1S/C22H28BrN.ClH/c1-17-4-3-5-19(14-17)8-11-24-12-9-20(10-13-24)16-21-15-18(2)6-7-22(21)23;/h3-7,14-15,20H,8-13,16H2,1-2H3;1H. The van der Waals surface area contributed by atoms with Gasteiger partial charge in [-0.15, -0.1) is 12.4 Å². The van der Waals surface area contributed by atoms with Crippen molar-refractivity contribution in [3.8, 4) is 0 Å². The van der Waals surface area contributed by atoms with Crippen LogP contribution in [-0.2, 0) is 12.8 Å². The molecule has 0 aromatic heterocycles. The van der Waals surface area contributed by atoms with Crippen LogP contribution in [0.25, 0.3) is 0 Å². The van der Waals surface area contributed by atoms with E-state index in [4.69, 9.17) is 0 Å². The second kappa shape index (κ2) is 9.75. The molecule has 136 valence electrons. The van der Waals surface area contributed by atoms with Gasteiger partial charge in [0.05, 0.1) is 0 Å². The lowest BCUT2D eigenvalue weighted by atomic mass is 9.89. The highest BCUT2D eigenvalue weighted by atomic mass is 79.9. The molecular formula is C22H29BrClN. The van der Waals surface area contributed by atoms with Gasteiger partial charge in [0.25, 0.3) is 0 Å². The molecule has 0 bridgehead atoms. The van der Waals surface area contributed by atoms with E-state index in [-0.39, 0.29) is 12.4 Å². The highest BCUT2D eigenvalue weighted by Crippen LogP contribution is 2.26. The van der Waals surface area contributed by atoms with Gasteiger partial charge in [0.1, 0.15) is 0 Å². The molecule has 3 rings (SSSR count). The number of benzene rings is 2. The number of piperidine rings is 1.